The van der Waals surface area contributed by atoms with Crippen molar-refractivity contribution in [1.82, 2.24) is 19.4 Å². The van der Waals surface area contributed by atoms with Crippen LogP contribution in [0.3, 0.4) is 0 Å². The number of aryl methyl sites for hydroxylation is 1. The van der Waals surface area contributed by atoms with E-state index in [4.69, 9.17) is 0 Å². The Morgan fingerprint density at radius 2 is 1.49 bits per heavy atom. The Labute approximate surface area is 213 Å². The highest BCUT2D eigenvalue weighted by molar-refractivity contribution is 5.86. The van der Waals surface area contributed by atoms with E-state index in [-0.39, 0.29) is 35.5 Å². The van der Waals surface area contributed by atoms with E-state index in [1.807, 2.05) is 6.92 Å². The average molecular weight is 501 g/mol. The molecular formula is C28H26F2N6O. The van der Waals surface area contributed by atoms with Gasteiger partial charge in [-0.25, -0.2) is 18.6 Å². The number of hydrogen-bond donors (Lipinski definition) is 0. The highest BCUT2D eigenvalue weighted by Gasteiger charge is 2.36. The number of aromatic nitrogens is 3. The first-order valence-corrected chi connectivity index (χ1v) is 12.1. The summed E-state index contributed by atoms with van der Waals surface area (Å²) < 4.78 is 28.9. The second-order valence-corrected chi connectivity index (χ2v) is 9.51. The van der Waals surface area contributed by atoms with Gasteiger partial charge >= 0.3 is 5.69 Å². The van der Waals surface area contributed by atoms with Gasteiger partial charge in [0.05, 0.1) is 11.6 Å². The number of rotatable bonds is 4. The maximum absolute atomic E-state index is 13.7. The van der Waals surface area contributed by atoms with Crippen LogP contribution in [-0.4, -0.2) is 44.6 Å². The number of anilines is 1. The summed E-state index contributed by atoms with van der Waals surface area (Å²) >= 11 is 0. The minimum atomic E-state index is -0.396. The van der Waals surface area contributed by atoms with Gasteiger partial charge in [-0.1, -0.05) is 24.3 Å². The van der Waals surface area contributed by atoms with Crippen LogP contribution >= 0.6 is 0 Å². The summed E-state index contributed by atoms with van der Waals surface area (Å²) in [4.78, 5) is 25.9. The van der Waals surface area contributed by atoms with E-state index in [0.29, 0.717) is 29.9 Å². The molecule has 7 nitrogen and oxygen atoms in total. The SMILES string of the molecule is CC1CN(c2nc(=O)n(C)c3ccc(C#N)nc23)[C@@H](C)CN1C(c1ccc(F)cc1)c1ccc(F)cc1. The minimum Gasteiger partial charge on any atom is -0.349 e. The standard InChI is InChI=1S/C28H26F2N6O/c1-17-16-36(27-25-24(34(3)28(37)33-27)13-12-23(14-31)32-25)18(2)15-35(17)26(19-4-8-21(29)9-5-19)20-6-10-22(30)11-7-20/h4-13,17-18,26H,15-16H2,1-3H3/t17?,18-/m0/s1. The third kappa shape index (κ3) is 4.56. The first kappa shape index (κ1) is 24.5. The summed E-state index contributed by atoms with van der Waals surface area (Å²) in [7, 11) is 1.63. The van der Waals surface area contributed by atoms with Crippen molar-refractivity contribution >= 4 is 16.9 Å². The van der Waals surface area contributed by atoms with Gasteiger partial charge in [0, 0.05) is 32.2 Å². The van der Waals surface area contributed by atoms with Crippen molar-refractivity contribution in [3.8, 4) is 6.07 Å². The van der Waals surface area contributed by atoms with E-state index in [9.17, 15) is 18.8 Å². The van der Waals surface area contributed by atoms with Crippen LogP contribution in [0.1, 0.15) is 36.7 Å². The molecule has 0 N–H and O–H groups in total. The number of benzene rings is 2. The van der Waals surface area contributed by atoms with E-state index in [1.165, 1.54) is 28.8 Å². The molecule has 0 bridgehead atoms. The Bertz CT molecular complexity index is 1500. The van der Waals surface area contributed by atoms with Crippen molar-refractivity contribution in [2.45, 2.75) is 32.0 Å². The summed E-state index contributed by atoms with van der Waals surface area (Å²) in [5, 5.41) is 9.39. The molecule has 2 aromatic carbocycles. The fourth-order valence-electron chi connectivity index (χ4n) is 5.14. The molecule has 0 spiro atoms. The molecule has 1 unspecified atom stereocenters. The zero-order chi connectivity index (χ0) is 26.3. The van der Waals surface area contributed by atoms with Crippen molar-refractivity contribution in [2.24, 2.45) is 7.05 Å². The van der Waals surface area contributed by atoms with Crippen LogP contribution in [0.2, 0.25) is 0 Å². The normalized spacial score (nSPS) is 18.4. The molecule has 2 aromatic heterocycles. The van der Waals surface area contributed by atoms with Crippen molar-refractivity contribution in [1.29, 1.82) is 5.26 Å². The Morgan fingerprint density at radius 3 is 2.05 bits per heavy atom. The molecule has 0 radical (unpaired) electrons. The number of nitriles is 1. The summed E-state index contributed by atoms with van der Waals surface area (Å²) in [5.74, 6) is -0.185. The van der Waals surface area contributed by atoms with Gasteiger partial charge in [0.25, 0.3) is 0 Å². The number of piperazine rings is 1. The fourth-order valence-corrected chi connectivity index (χ4v) is 5.14. The van der Waals surface area contributed by atoms with Gasteiger partial charge in [-0.2, -0.15) is 10.2 Å². The lowest BCUT2D eigenvalue weighted by atomic mass is 9.93. The molecule has 0 aliphatic carbocycles. The summed E-state index contributed by atoms with van der Waals surface area (Å²) in [6, 6.07) is 17.8. The van der Waals surface area contributed by atoms with Crippen LogP contribution in [0.15, 0.2) is 65.5 Å². The van der Waals surface area contributed by atoms with Gasteiger partial charge in [-0.3, -0.25) is 9.47 Å². The van der Waals surface area contributed by atoms with Gasteiger partial charge in [-0.05, 0) is 61.4 Å². The Kier molecular flexibility index (Phi) is 6.44. The van der Waals surface area contributed by atoms with Crippen molar-refractivity contribution in [2.75, 3.05) is 18.0 Å². The molecule has 37 heavy (non-hydrogen) atoms. The molecule has 1 fully saturated rings. The summed E-state index contributed by atoms with van der Waals surface area (Å²) in [5.41, 5.74) is 2.76. The minimum absolute atomic E-state index is 0.0173. The number of hydrogen-bond acceptors (Lipinski definition) is 6. The van der Waals surface area contributed by atoms with Gasteiger partial charge in [-0.15, -0.1) is 0 Å². The lowest BCUT2D eigenvalue weighted by molar-refractivity contribution is 0.129. The molecule has 9 heteroatoms. The second-order valence-electron chi connectivity index (χ2n) is 9.51. The summed E-state index contributed by atoms with van der Waals surface area (Å²) in [6.07, 6.45) is 0. The van der Waals surface area contributed by atoms with Crippen molar-refractivity contribution < 1.29 is 8.78 Å². The molecule has 1 aliphatic heterocycles. The van der Waals surface area contributed by atoms with Crippen LogP contribution in [0, 0.1) is 23.0 Å². The smallest absolute Gasteiger partial charge is 0.349 e. The Hall–Kier alpha value is -4.16. The Balaban J connectivity index is 1.55. The lowest BCUT2D eigenvalue weighted by Gasteiger charge is -2.48. The highest BCUT2D eigenvalue weighted by Crippen LogP contribution is 2.35. The lowest BCUT2D eigenvalue weighted by Crippen LogP contribution is -2.58. The number of nitrogens with zero attached hydrogens (tertiary/aromatic N) is 6. The van der Waals surface area contributed by atoms with Crippen molar-refractivity contribution in [3.63, 3.8) is 0 Å². The van der Waals surface area contributed by atoms with E-state index in [1.54, 1.807) is 43.4 Å². The third-order valence-corrected chi connectivity index (χ3v) is 7.06. The number of fused-ring (bicyclic) bond motifs is 1. The molecule has 3 heterocycles. The molecule has 1 saturated heterocycles. The average Bonchev–Trinajstić information content (AvgIpc) is 2.90. The topological polar surface area (TPSA) is 78.0 Å². The van der Waals surface area contributed by atoms with Gasteiger partial charge < -0.3 is 4.90 Å². The van der Waals surface area contributed by atoms with Crippen LogP contribution < -0.4 is 10.6 Å². The largest absolute Gasteiger partial charge is 0.349 e. The monoisotopic (exact) mass is 500 g/mol. The van der Waals surface area contributed by atoms with Gasteiger partial charge in [0.1, 0.15) is 28.9 Å². The molecule has 5 rings (SSSR count). The van der Waals surface area contributed by atoms with Crippen LogP contribution in [0.5, 0.6) is 0 Å². The predicted molar refractivity (Wildman–Crippen MR) is 137 cm³/mol. The molecule has 2 atom stereocenters. The molecule has 188 valence electrons. The highest BCUT2D eigenvalue weighted by atomic mass is 19.1. The predicted octanol–water partition coefficient (Wildman–Crippen LogP) is 4.17. The molecule has 4 aromatic rings. The number of pyridine rings is 1. The maximum atomic E-state index is 13.7. The van der Waals surface area contributed by atoms with Crippen LogP contribution in [0.4, 0.5) is 14.6 Å². The zero-order valence-electron chi connectivity index (χ0n) is 20.8. The fraction of sp³-hybridized carbons (Fsp3) is 0.286. The van der Waals surface area contributed by atoms with Crippen molar-refractivity contribution in [3.05, 3.63) is 99.6 Å². The van der Waals surface area contributed by atoms with Crippen LogP contribution in [0.25, 0.3) is 11.0 Å². The maximum Gasteiger partial charge on any atom is 0.349 e. The second kappa shape index (κ2) is 9.71. The Morgan fingerprint density at radius 1 is 0.892 bits per heavy atom. The number of halogens is 2. The van der Waals surface area contributed by atoms with E-state index >= 15 is 0 Å². The van der Waals surface area contributed by atoms with Crippen LogP contribution in [-0.2, 0) is 7.05 Å². The zero-order valence-corrected chi connectivity index (χ0v) is 20.8. The van der Waals surface area contributed by atoms with Gasteiger partial charge in [0.2, 0.25) is 0 Å². The molecule has 0 saturated carbocycles. The molecule has 1 aliphatic rings. The van der Waals surface area contributed by atoms with E-state index in [2.05, 4.69) is 32.8 Å². The first-order valence-electron chi connectivity index (χ1n) is 12.1. The molecular weight excluding hydrogens is 474 g/mol. The first-order chi connectivity index (χ1) is 17.8. The van der Waals surface area contributed by atoms with E-state index in [0.717, 1.165) is 11.1 Å². The van der Waals surface area contributed by atoms with Gasteiger partial charge in [0.15, 0.2) is 5.82 Å². The summed E-state index contributed by atoms with van der Waals surface area (Å²) in [6.45, 7) is 5.26. The molecule has 0 amide bonds. The third-order valence-electron chi connectivity index (χ3n) is 7.06. The van der Waals surface area contributed by atoms with E-state index < -0.39 is 5.69 Å². The quantitative estimate of drug-likeness (QED) is 0.419.